The zero-order valence-corrected chi connectivity index (χ0v) is 17.2. The molecule has 166 valence electrons. The molecular weight excluding hydrogens is 432 g/mol. The van der Waals surface area contributed by atoms with Gasteiger partial charge in [-0.3, -0.25) is 14.9 Å². The van der Waals surface area contributed by atoms with E-state index in [2.05, 4.69) is 5.32 Å². The molecule has 2 aromatic heterocycles. The van der Waals surface area contributed by atoms with Crippen molar-refractivity contribution in [2.24, 2.45) is 0 Å². The van der Waals surface area contributed by atoms with E-state index in [4.69, 9.17) is 13.6 Å². The average Bonchev–Trinajstić information content (AvgIpc) is 3.27. The van der Waals surface area contributed by atoms with Crippen molar-refractivity contribution in [3.05, 3.63) is 92.5 Å². The van der Waals surface area contributed by atoms with Crippen LogP contribution in [0.2, 0.25) is 0 Å². The summed E-state index contributed by atoms with van der Waals surface area (Å²) in [5.74, 6) is -0.746. The van der Waals surface area contributed by atoms with Crippen molar-refractivity contribution in [3.8, 4) is 11.3 Å². The molecule has 0 aliphatic rings. The minimum absolute atomic E-state index is 0.0614. The Bertz CT molecular complexity index is 1430. The summed E-state index contributed by atoms with van der Waals surface area (Å²) in [4.78, 5) is 45.9. The molecule has 0 atom stereocenters. The predicted octanol–water partition coefficient (Wildman–Crippen LogP) is 4.28. The first-order valence-corrected chi connectivity index (χ1v) is 9.66. The van der Waals surface area contributed by atoms with Gasteiger partial charge in [-0.1, -0.05) is 0 Å². The molecule has 2 heterocycles. The predicted molar refractivity (Wildman–Crippen MR) is 117 cm³/mol. The zero-order valence-electron chi connectivity index (χ0n) is 17.2. The van der Waals surface area contributed by atoms with Crippen LogP contribution in [0.15, 0.2) is 74.3 Å². The highest BCUT2D eigenvalue weighted by molar-refractivity contribution is 5.92. The number of esters is 1. The van der Waals surface area contributed by atoms with E-state index >= 15 is 0 Å². The minimum Gasteiger partial charge on any atom is -0.455 e. The van der Waals surface area contributed by atoms with E-state index < -0.39 is 16.5 Å². The number of non-ortho nitro benzene ring substituents is 1. The van der Waals surface area contributed by atoms with Gasteiger partial charge in [-0.25, -0.2) is 9.59 Å². The number of fused-ring (bicyclic) bond motifs is 1. The molecule has 0 radical (unpaired) electrons. The number of carbonyl (C=O) groups is 2. The van der Waals surface area contributed by atoms with Gasteiger partial charge in [-0.2, -0.15) is 0 Å². The maximum atomic E-state index is 12.4. The molecule has 1 N–H and O–H groups in total. The lowest BCUT2D eigenvalue weighted by Crippen LogP contribution is -2.08. The Labute approximate surface area is 185 Å². The van der Waals surface area contributed by atoms with E-state index in [1.54, 1.807) is 18.2 Å². The summed E-state index contributed by atoms with van der Waals surface area (Å²) in [6.45, 7) is 1.14. The number of nitro groups is 1. The molecule has 4 rings (SSSR count). The van der Waals surface area contributed by atoms with Crippen molar-refractivity contribution in [3.63, 3.8) is 0 Å². The van der Waals surface area contributed by atoms with Crippen molar-refractivity contribution in [1.29, 1.82) is 0 Å². The number of furan rings is 1. The van der Waals surface area contributed by atoms with Crippen LogP contribution in [0.1, 0.15) is 23.0 Å². The van der Waals surface area contributed by atoms with Gasteiger partial charge in [0.1, 0.15) is 18.0 Å². The number of nitrogens with zero attached hydrogens (tertiary/aromatic N) is 1. The topological polar surface area (TPSA) is 142 Å². The van der Waals surface area contributed by atoms with E-state index in [1.165, 1.54) is 49.4 Å². The van der Waals surface area contributed by atoms with Crippen LogP contribution >= 0.6 is 0 Å². The number of rotatable bonds is 6. The Morgan fingerprint density at radius 2 is 1.79 bits per heavy atom. The summed E-state index contributed by atoms with van der Waals surface area (Å²) in [7, 11) is 0. The van der Waals surface area contributed by atoms with Gasteiger partial charge in [0, 0.05) is 53.4 Å². The van der Waals surface area contributed by atoms with Gasteiger partial charge in [0.05, 0.1) is 4.92 Å². The number of amides is 1. The molecule has 0 saturated carbocycles. The SMILES string of the molecule is CC(=O)Nc1ccc2c(COC(=O)c3ccc(-c4ccc([N+](=O)[O-])cc4)o3)cc(=O)oc2c1. The first-order chi connectivity index (χ1) is 15.8. The molecule has 1 amide bonds. The Balaban J connectivity index is 1.50. The molecule has 0 unspecified atom stereocenters. The first kappa shape index (κ1) is 21.5. The highest BCUT2D eigenvalue weighted by atomic mass is 16.6. The summed E-state index contributed by atoms with van der Waals surface area (Å²) in [6, 6.07) is 14.7. The molecule has 0 spiro atoms. The molecule has 0 saturated heterocycles. The third-order valence-corrected chi connectivity index (χ3v) is 4.68. The number of nitrogens with one attached hydrogen (secondary N) is 1. The van der Waals surface area contributed by atoms with Crippen molar-refractivity contribution in [2.45, 2.75) is 13.5 Å². The molecule has 0 fully saturated rings. The summed E-state index contributed by atoms with van der Waals surface area (Å²) in [5.41, 5.74) is 0.980. The fourth-order valence-corrected chi connectivity index (χ4v) is 3.19. The third-order valence-electron chi connectivity index (χ3n) is 4.68. The number of benzene rings is 2. The summed E-state index contributed by atoms with van der Waals surface area (Å²) in [5, 5.41) is 13.9. The third kappa shape index (κ3) is 4.79. The van der Waals surface area contributed by atoms with Crippen molar-refractivity contribution in [1.82, 2.24) is 0 Å². The maximum absolute atomic E-state index is 12.4. The molecule has 0 aliphatic heterocycles. The van der Waals surface area contributed by atoms with Crippen LogP contribution in [0, 0.1) is 10.1 Å². The van der Waals surface area contributed by atoms with Gasteiger partial charge >= 0.3 is 11.6 Å². The van der Waals surface area contributed by atoms with Gasteiger partial charge in [0.15, 0.2) is 0 Å². The average molecular weight is 448 g/mol. The van der Waals surface area contributed by atoms with Crippen molar-refractivity contribution in [2.75, 3.05) is 5.32 Å². The lowest BCUT2D eigenvalue weighted by molar-refractivity contribution is -0.384. The lowest BCUT2D eigenvalue weighted by Gasteiger charge is -2.08. The molecule has 10 nitrogen and oxygen atoms in total. The zero-order chi connectivity index (χ0) is 23.5. The number of hydrogen-bond donors (Lipinski definition) is 1. The Morgan fingerprint density at radius 3 is 2.48 bits per heavy atom. The number of hydrogen-bond acceptors (Lipinski definition) is 8. The second-order valence-electron chi connectivity index (χ2n) is 7.03. The van der Waals surface area contributed by atoms with Gasteiger partial charge in [-0.05, 0) is 36.4 Å². The van der Waals surface area contributed by atoms with Gasteiger partial charge < -0.3 is 18.9 Å². The number of nitro benzene ring substituents is 1. The van der Waals surface area contributed by atoms with E-state index in [-0.39, 0.29) is 29.5 Å². The largest absolute Gasteiger partial charge is 0.455 e. The summed E-state index contributed by atoms with van der Waals surface area (Å²) >= 11 is 0. The normalized spacial score (nSPS) is 10.7. The van der Waals surface area contributed by atoms with Crippen LogP contribution in [0.4, 0.5) is 11.4 Å². The van der Waals surface area contributed by atoms with Crippen LogP contribution in [-0.4, -0.2) is 16.8 Å². The summed E-state index contributed by atoms with van der Waals surface area (Å²) in [6.07, 6.45) is 0. The molecule has 33 heavy (non-hydrogen) atoms. The minimum atomic E-state index is -0.751. The van der Waals surface area contributed by atoms with Crippen LogP contribution in [0.25, 0.3) is 22.3 Å². The number of anilines is 1. The first-order valence-electron chi connectivity index (χ1n) is 9.66. The molecule has 0 aliphatic carbocycles. The fourth-order valence-electron chi connectivity index (χ4n) is 3.19. The van der Waals surface area contributed by atoms with E-state index in [1.807, 2.05) is 0 Å². The highest BCUT2D eigenvalue weighted by Crippen LogP contribution is 2.26. The maximum Gasteiger partial charge on any atom is 0.374 e. The molecule has 0 bridgehead atoms. The molecule has 4 aromatic rings. The summed E-state index contributed by atoms with van der Waals surface area (Å²) < 4.78 is 16.0. The van der Waals surface area contributed by atoms with Crippen LogP contribution in [0.5, 0.6) is 0 Å². The van der Waals surface area contributed by atoms with Crippen LogP contribution in [0.3, 0.4) is 0 Å². The van der Waals surface area contributed by atoms with Gasteiger partial charge in [0.2, 0.25) is 11.7 Å². The van der Waals surface area contributed by atoms with Crippen molar-refractivity contribution >= 4 is 34.2 Å². The fraction of sp³-hybridized carbons (Fsp3) is 0.0870. The number of carbonyl (C=O) groups excluding carboxylic acids is 2. The van der Waals surface area contributed by atoms with Crippen molar-refractivity contribution < 1.29 is 28.1 Å². The molecular formula is C23H16N2O8. The van der Waals surface area contributed by atoms with Crippen LogP contribution < -0.4 is 10.9 Å². The van der Waals surface area contributed by atoms with E-state index in [0.717, 1.165) is 0 Å². The molecule has 2 aromatic carbocycles. The Kier molecular flexibility index (Phi) is 5.73. The van der Waals surface area contributed by atoms with Gasteiger partial charge in [0.25, 0.3) is 5.69 Å². The smallest absolute Gasteiger partial charge is 0.374 e. The van der Waals surface area contributed by atoms with E-state index in [9.17, 15) is 24.5 Å². The highest BCUT2D eigenvalue weighted by Gasteiger charge is 2.16. The molecule has 10 heteroatoms. The monoisotopic (exact) mass is 448 g/mol. The quantitative estimate of drug-likeness (QED) is 0.199. The van der Waals surface area contributed by atoms with Gasteiger partial charge in [-0.15, -0.1) is 0 Å². The second-order valence-corrected chi connectivity index (χ2v) is 7.03. The second kappa shape index (κ2) is 8.79. The number of ether oxygens (including phenoxy) is 1. The lowest BCUT2D eigenvalue weighted by atomic mass is 10.1. The Hall–Kier alpha value is -4.73. The Morgan fingerprint density at radius 1 is 1.03 bits per heavy atom. The van der Waals surface area contributed by atoms with E-state index in [0.29, 0.717) is 28.0 Å². The standard InChI is InChI=1S/C23H16N2O8/c1-13(26)24-16-4-7-18-15(10-22(27)33-21(18)11-16)12-31-23(28)20-9-8-19(32-20)14-2-5-17(6-3-14)25(29)30/h2-11H,12H2,1H3,(H,24,26). The van der Waals surface area contributed by atoms with Crippen LogP contribution in [-0.2, 0) is 16.1 Å².